The van der Waals surface area contributed by atoms with E-state index in [-0.39, 0.29) is 35.3 Å². The monoisotopic (exact) mass is 534 g/mol. The molecule has 37 heavy (non-hydrogen) atoms. The molecule has 2 aromatic rings. The van der Waals surface area contributed by atoms with Crippen LogP contribution in [0.1, 0.15) is 60.9 Å². The highest BCUT2D eigenvalue weighted by molar-refractivity contribution is 8.06. The summed E-state index contributed by atoms with van der Waals surface area (Å²) in [6.45, 7) is 1.83. The van der Waals surface area contributed by atoms with E-state index in [0.29, 0.717) is 21.1 Å². The third-order valence-corrected chi connectivity index (χ3v) is 7.70. The van der Waals surface area contributed by atoms with Crippen LogP contribution in [-0.2, 0) is 22.4 Å². The summed E-state index contributed by atoms with van der Waals surface area (Å²) in [6.07, 6.45) is 6.18. The molecule has 2 aliphatic rings. The molecule has 1 aromatic carbocycles. The molecule has 4 rings (SSSR count). The number of carbonyl (C=O) groups excluding carboxylic acids is 1. The van der Waals surface area contributed by atoms with Gasteiger partial charge in [-0.15, -0.1) is 0 Å². The minimum Gasteiger partial charge on any atom is -0.471 e. The minimum absolute atomic E-state index is 0.0528. The third-order valence-electron chi connectivity index (χ3n) is 6.42. The van der Waals surface area contributed by atoms with Crippen molar-refractivity contribution in [1.82, 2.24) is 4.98 Å². The fourth-order valence-corrected chi connectivity index (χ4v) is 5.73. The lowest BCUT2D eigenvalue weighted by Crippen LogP contribution is -2.25. The molecule has 0 unspecified atom stereocenters. The minimum atomic E-state index is -0.736. The van der Waals surface area contributed by atoms with E-state index in [2.05, 4.69) is 12.1 Å². The van der Waals surface area contributed by atoms with Crippen LogP contribution in [0.25, 0.3) is 0 Å². The van der Waals surface area contributed by atoms with E-state index in [0.717, 1.165) is 55.1 Å². The maximum Gasteiger partial charge on any atom is 0.335 e. The van der Waals surface area contributed by atoms with Gasteiger partial charge in [0.05, 0.1) is 34.8 Å². The van der Waals surface area contributed by atoms with Gasteiger partial charge in [-0.1, -0.05) is 48.3 Å². The number of nitrogens with zero attached hydrogens (tertiary/aromatic N) is 3. The number of pyridine rings is 1. The molecule has 0 saturated carbocycles. The summed E-state index contributed by atoms with van der Waals surface area (Å²) in [6, 6.07) is 13.1. The number of thioether (sulfide) groups is 1. The van der Waals surface area contributed by atoms with Gasteiger partial charge in [-0.25, -0.2) is 9.78 Å². The molecule has 0 fully saturated rings. The Hall–Kier alpha value is -3.46. The predicted molar refractivity (Wildman–Crippen MR) is 143 cm³/mol. The topological polar surface area (TPSA) is 122 Å². The van der Waals surface area contributed by atoms with Gasteiger partial charge in [-0.2, -0.15) is 10.5 Å². The second-order valence-electron chi connectivity index (χ2n) is 8.80. The predicted octanol–water partition coefficient (Wildman–Crippen LogP) is 5.69. The number of benzene rings is 1. The Bertz CT molecular complexity index is 1340. The molecule has 2 N–H and O–H groups in total. The molecule has 2 heterocycles. The van der Waals surface area contributed by atoms with Crippen molar-refractivity contribution in [3.05, 3.63) is 78.8 Å². The Morgan fingerprint density at radius 3 is 2.57 bits per heavy atom. The maximum absolute atomic E-state index is 13.2. The molecule has 1 aliphatic carbocycles. The molecular formula is C28H27ClN4O3S. The van der Waals surface area contributed by atoms with Gasteiger partial charge in [-0.3, -0.25) is 0 Å². The highest BCUT2D eigenvalue weighted by atomic mass is 35.5. The number of halogens is 1. The summed E-state index contributed by atoms with van der Waals surface area (Å²) in [5, 5.41) is 20.5. The van der Waals surface area contributed by atoms with Crippen LogP contribution in [0.15, 0.2) is 51.4 Å². The first-order valence-corrected chi connectivity index (χ1v) is 13.4. The van der Waals surface area contributed by atoms with Crippen LogP contribution in [-0.4, -0.2) is 24.2 Å². The quantitative estimate of drug-likeness (QED) is 0.469. The summed E-state index contributed by atoms with van der Waals surface area (Å²) < 4.78 is 11.5. The molecule has 0 bridgehead atoms. The summed E-state index contributed by atoms with van der Waals surface area (Å²) in [5.41, 5.74) is 9.93. The molecule has 7 nitrogen and oxygen atoms in total. The van der Waals surface area contributed by atoms with E-state index in [9.17, 15) is 15.3 Å². The Balaban J connectivity index is 1.74. The molecule has 1 aromatic heterocycles. The molecule has 0 radical (unpaired) electrons. The summed E-state index contributed by atoms with van der Waals surface area (Å²) in [4.78, 5) is 18.4. The number of fused-ring (bicyclic) bond motifs is 1. The molecule has 0 spiro atoms. The lowest BCUT2D eigenvalue weighted by molar-refractivity contribution is -0.138. The van der Waals surface area contributed by atoms with Crippen molar-refractivity contribution in [1.29, 1.82) is 10.5 Å². The van der Waals surface area contributed by atoms with E-state index < -0.39 is 11.9 Å². The van der Waals surface area contributed by atoms with Crippen LogP contribution in [0.5, 0.6) is 5.88 Å². The number of aryl methyl sites for hydroxylation is 2. The number of esters is 1. The zero-order valence-electron chi connectivity index (χ0n) is 20.6. The van der Waals surface area contributed by atoms with Crippen LogP contribution in [0.4, 0.5) is 0 Å². The van der Waals surface area contributed by atoms with E-state index in [4.69, 9.17) is 31.8 Å². The number of hydrogen-bond donors (Lipinski definition) is 1. The van der Waals surface area contributed by atoms with Crippen molar-refractivity contribution in [2.45, 2.75) is 51.4 Å². The zero-order chi connectivity index (χ0) is 26.4. The molecule has 0 amide bonds. The Kier molecular flexibility index (Phi) is 8.76. The lowest BCUT2D eigenvalue weighted by Gasteiger charge is -2.28. The lowest BCUT2D eigenvalue weighted by atomic mass is 9.84. The van der Waals surface area contributed by atoms with Gasteiger partial charge >= 0.3 is 5.97 Å². The van der Waals surface area contributed by atoms with Gasteiger partial charge in [0.1, 0.15) is 18.2 Å². The summed E-state index contributed by atoms with van der Waals surface area (Å²) in [7, 11) is 0. The summed E-state index contributed by atoms with van der Waals surface area (Å²) >= 11 is 7.18. The normalized spacial score (nSPS) is 17.7. The fraction of sp³-hybridized carbons (Fsp3) is 0.357. The largest absolute Gasteiger partial charge is 0.471 e. The van der Waals surface area contributed by atoms with Gasteiger partial charge < -0.3 is 15.2 Å². The average Bonchev–Trinajstić information content (AvgIpc) is 2.88. The number of allylic oxidation sites excluding steroid dienone is 1. The number of aromatic nitrogens is 1. The fourth-order valence-electron chi connectivity index (χ4n) is 4.64. The first-order chi connectivity index (χ1) is 18.0. The van der Waals surface area contributed by atoms with Crippen molar-refractivity contribution in [3.63, 3.8) is 0 Å². The first kappa shape index (κ1) is 26.6. The van der Waals surface area contributed by atoms with Crippen molar-refractivity contribution in [3.8, 4) is 18.0 Å². The highest BCUT2D eigenvalue weighted by Gasteiger charge is 2.36. The van der Waals surface area contributed by atoms with Crippen LogP contribution in [0.2, 0.25) is 5.02 Å². The molecule has 190 valence electrons. The molecule has 1 atom stereocenters. The highest BCUT2D eigenvalue weighted by Crippen LogP contribution is 2.45. The number of nitriles is 2. The number of hydrogen-bond acceptors (Lipinski definition) is 8. The van der Waals surface area contributed by atoms with Gasteiger partial charge in [0.25, 0.3) is 0 Å². The number of nitrogens with two attached hydrogens (primary N) is 1. The summed E-state index contributed by atoms with van der Waals surface area (Å²) in [5.74, 6) is -1.06. The van der Waals surface area contributed by atoms with Crippen molar-refractivity contribution >= 4 is 29.3 Å². The van der Waals surface area contributed by atoms with Gasteiger partial charge in [-0.05, 0) is 61.9 Å². The maximum atomic E-state index is 13.2. The smallest absolute Gasteiger partial charge is 0.335 e. The molecule has 9 heteroatoms. The van der Waals surface area contributed by atoms with Crippen molar-refractivity contribution in [2.75, 3.05) is 13.2 Å². The second-order valence-corrected chi connectivity index (χ2v) is 10.4. The SMILES string of the molecule is CCOC(=O)C1=C(COc2nc3c(cc2C#N)CCCCCC3)SC(N)=C(C#N)[C@H]1c1ccc(Cl)cc1. The van der Waals surface area contributed by atoms with Gasteiger partial charge in [0.2, 0.25) is 5.88 Å². The third kappa shape index (κ3) is 5.93. The Morgan fingerprint density at radius 2 is 1.89 bits per heavy atom. The van der Waals surface area contributed by atoms with Gasteiger partial charge in [0.15, 0.2) is 0 Å². The Morgan fingerprint density at radius 1 is 1.16 bits per heavy atom. The van der Waals surface area contributed by atoms with Crippen LogP contribution in [0.3, 0.4) is 0 Å². The van der Waals surface area contributed by atoms with Crippen molar-refractivity contribution < 1.29 is 14.3 Å². The van der Waals surface area contributed by atoms with Crippen LogP contribution < -0.4 is 10.5 Å². The molecule has 0 saturated heterocycles. The standard InChI is InChI=1S/C28H27ClN4O3S/c1-2-35-28(34)25-23(37-26(32)21(15-31)24(25)17-9-11-20(29)12-10-17)16-36-27-19(14-30)13-18-7-5-3-4-6-8-22(18)33-27/h9-13,24H,2-8,16,32H2,1H3/t24-/m1/s1. The number of rotatable bonds is 6. The Labute approximate surface area is 225 Å². The molecular weight excluding hydrogens is 508 g/mol. The van der Waals surface area contributed by atoms with E-state index >= 15 is 0 Å². The van der Waals surface area contributed by atoms with Crippen LogP contribution >= 0.6 is 23.4 Å². The average molecular weight is 535 g/mol. The number of ether oxygens (including phenoxy) is 2. The first-order valence-electron chi connectivity index (χ1n) is 12.3. The molecule has 1 aliphatic heterocycles. The van der Waals surface area contributed by atoms with E-state index in [1.54, 1.807) is 31.2 Å². The van der Waals surface area contributed by atoms with Gasteiger partial charge in [0, 0.05) is 15.6 Å². The van der Waals surface area contributed by atoms with Crippen LogP contribution in [0, 0.1) is 22.7 Å². The second kappa shape index (κ2) is 12.2. The number of carbonyl (C=O) groups is 1. The van der Waals surface area contributed by atoms with E-state index in [1.165, 1.54) is 6.42 Å². The zero-order valence-corrected chi connectivity index (χ0v) is 22.1. The van der Waals surface area contributed by atoms with E-state index in [1.807, 2.05) is 6.07 Å². The van der Waals surface area contributed by atoms with Crippen molar-refractivity contribution in [2.24, 2.45) is 5.73 Å².